The minimum Gasteiger partial charge on any atom is -0.505 e. The molecule has 0 aromatic heterocycles. The second kappa shape index (κ2) is 7.61. The van der Waals surface area contributed by atoms with Gasteiger partial charge in [0.1, 0.15) is 31.9 Å². The van der Waals surface area contributed by atoms with Crippen molar-refractivity contribution < 1.29 is 24.9 Å². The predicted molar refractivity (Wildman–Crippen MR) is 121 cm³/mol. The Labute approximate surface area is 198 Å². The van der Waals surface area contributed by atoms with Crippen LogP contribution in [0.25, 0.3) is 0 Å². The van der Waals surface area contributed by atoms with Crippen molar-refractivity contribution in [3.63, 3.8) is 0 Å². The van der Waals surface area contributed by atoms with Crippen molar-refractivity contribution >= 4 is 69.7 Å². The smallest absolute Gasteiger partial charge is 0.336 e. The van der Waals surface area contributed by atoms with E-state index in [1.165, 1.54) is 6.07 Å². The van der Waals surface area contributed by atoms with Crippen LogP contribution in [0.2, 0.25) is 0 Å². The van der Waals surface area contributed by atoms with Crippen LogP contribution in [-0.4, -0.2) is 21.3 Å². The van der Waals surface area contributed by atoms with Crippen LogP contribution in [0.15, 0.2) is 54.3 Å². The van der Waals surface area contributed by atoms with Crippen molar-refractivity contribution in [1.29, 1.82) is 0 Å². The molecular weight excluding hydrogens is 640 g/mol. The van der Waals surface area contributed by atoms with Gasteiger partial charge < -0.3 is 20.1 Å². The Hall–Kier alpha value is -1.55. The molecule has 3 N–H and O–H groups in total. The van der Waals surface area contributed by atoms with Crippen LogP contribution >= 0.6 is 63.7 Å². The van der Waals surface area contributed by atoms with Gasteiger partial charge in [0.2, 0.25) is 0 Å². The Morgan fingerprint density at radius 2 is 1.28 bits per heavy atom. The summed E-state index contributed by atoms with van der Waals surface area (Å²) in [4.78, 5) is 11.9. The number of ether oxygens (including phenoxy) is 1. The zero-order chi connectivity index (χ0) is 21.0. The first-order valence-electron chi connectivity index (χ1n) is 8.02. The summed E-state index contributed by atoms with van der Waals surface area (Å²) in [7, 11) is 0. The van der Waals surface area contributed by atoms with Gasteiger partial charge in [-0.2, -0.15) is 0 Å². The van der Waals surface area contributed by atoms with Crippen molar-refractivity contribution in [2.45, 2.75) is 0 Å². The van der Waals surface area contributed by atoms with E-state index in [-0.39, 0.29) is 17.1 Å². The largest absolute Gasteiger partial charge is 0.505 e. The number of aromatic hydroxyl groups is 2. The molecule has 5 nitrogen and oxygen atoms in total. The van der Waals surface area contributed by atoms with Gasteiger partial charge in [0.05, 0.1) is 20.4 Å². The van der Waals surface area contributed by atoms with Gasteiger partial charge in [-0.3, -0.25) is 0 Å². The number of benzene rings is 3. The SMILES string of the molecule is O=C(O)c1ccccc1[C]1c2cc(Br)c(O)c(Br)c2Oc2c1cc(Br)c(O)c2Br. The van der Waals surface area contributed by atoms with Crippen molar-refractivity contribution in [1.82, 2.24) is 0 Å². The Morgan fingerprint density at radius 1 is 0.793 bits per heavy atom. The minimum absolute atomic E-state index is 0.0597. The van der Waals surface area contributed by atoms with Gasteiger partial charge in [0, 0.05) is 11.1 Å². The number of aromatic carboxylic acids is 1. The van der Waals surface area contributed by atoms with Crippen molar-refractivity contribution in [2.24, 2.45) is 0 Å². The number of carboxylic acid groups (broad SMARTS) is 1. The predicted octanol–water partition coefficient (Wildman–Crippen LogP) is 6.97. The van der Waals surface area contributed by atoms with E-state index in [2.05, 4.69) is 63.7 Å². The fraction of sp³-hybridized carbons (Fsp3) is 0. The standard InChI is InChI=1S/C20H9Br4O5/c21-11-5-9-13(7-3-1-2-4-8(7)20(27)28)10-6-12(22)17(26)15(24)19(10)29-18(9)14(23)16(11)25/h1-6,25-26H,(H,27,28). The number of fused-ring (bicyclic) bond motifs is 2. The van der Waals surface area contributed by atoms with E-state index >= 15 is 0 Å². The van der Waals surface area contributed by atoms with Gasteiger partial charge in [0.15, 0.2) is 0 Å². The number of carboxylic acids is 1. The molecule has 0 fully saturated rings. The average Bonchev–Trinajstić information content (AvgIpc) is 2.69. The fourth-order valence-corrected chi connectivity index (χ4v) is 5.58. The maximum Gasteiger partial charge on any atom is 0.336 e. The Morgan fingerprint density at radius 3 is 1.76 bits per heavy atom. The summed E-state index contributed by atoms with van der Waals surface area (Å²) in [5.74, 6) is -0.00348. The van der Waals surface area contributed by atoms with E-state index in [4.69, 9.17) is 4.74 Å². The Kier molecular flexibility index (Phi) is 5.43. The second-order valence-electron chi connectivity index (χ2n) is 6.12. The highest BCUT2D eigenvalue weighted by molar-refractivity contribution is 9.11. The molecule has 0 saturated carbocycles. The lowest BCUT2D eigenvalue weighted by atomic mass is 9.80. The third-order valence-corrected chi connectivity index (χ3v) is 7.15. The number of phenolic OH excluding ortho intramolecular Hbond substituents is 2. The van der Waals surface area contributed by atoms with Crippen molar-refractivity contribution in [3.05, 3.63) is 82.5 Å². The molecule has 0 amide bonds. The number of carbonyl (C=O) groups is 1. The van der Waals surface area contributed by atoms with Crippen LogP contribution in [-0.2, 0) is 0 Å². The molecule has 0 aliphatic carbocycles. The highest BCUT2D eigenvalue weighted by Gasteiger charge is 2.37. The third kappa shape index (κ3) is 3.28. The van der Waals surface area contributed by atoms with Gasteiger partial charge in [-0.15, -0.1) is 0 Å². The highest BCUT2D eigenvalue weighted by atomic mass is 79.9. The molecule has 9 heteroatoms. The molecule has 4 rings (SSSR count). The summed E-state index contributed by atoms with van der Waals surface area (Å²) in [5.41, 5.74) is 1.74. The van der Waals surface area contributed by atoms with Crippen LogP contribution in [0.4, 0.5) is 0 Å². The summed E-state index contributed by atoms with van der Waals surface area (Å²) in [6.07, 6.45) is 0. The summed E-state index contributed by atoms with van der Waals surface area (Å²) in [6, 6.07) is 9.97. The van der Waals surface area contributed by atoms with Crippen LogP contribution in [0, 0.1) is 5.92 Å². The van der Waals surface area contributed by atoms with Gasteiger partial charge >= 0.3 is 5.97 Å². The summed E-state index contributed by atoms with van der Waals surface area (Å²) in [5, 5.41) is 30.4. The average molecular weight is 649 g/mol. The van der Waals surface area contributed by atoms with Gasteiger partial charge in [0.25, 0.3) is 0 Å². The molecule has 29 heavy (non-hydrogen) atoms. The summed E-state index contributed by atoms with van der Waals surface area (Å²) in [6.45, 7) is 0. The fourth-order valence-electron chi connectivity index (χ4n) is 3.18. The Balaban J connectivity index is 2.13. The zero-order valence-corrected chi connectivity index (χ0v) is 20.5. The molecule has 1 radical (unpaired) electrons. The molecule has 3 aromatic carbocycles. The first kappa shape index (κ1) is 20.7. The number of phenols is 2. The van der Waals surface area contributed by atoms with Crippen LogP contribution < -0.4 is 4.74 Å². The topological polar surface area (TPSA) is 87.0 Å². The lowest BCUT2D eigenvalue weighted by Crippen LogP contribution is -2.16. The van der Waals surface area contributed by atoms with Crippen molar-refractivity contribution in [2.75, 3.05) is 0 Å². The first-order valence-corrected chi connectivity index (χ1v) is 11.2. The zero-order valence-electron chi connectivity index (χ0n) is 14.1. The van der Waals surface area contributed by atoms with Crippen LogP contribution in [0.1, 0.15) is 27.0 Å². The normalized spacial score (nSPS) is 12.8. The molecule has 1 aliphatic heterocycles. The number of hydrogen-bond acceptors (Lipinski definition) is 4. The summed E-state index contributed by atoms with van der Waals surface area (Å²) < 4.78 is 7.46. The quantitative estimate of drug-likeness (QED) is 0.219. The van der Waals surface area contributed by atoms with Gasteiger partial charge in [-0.1, -0.05) is 18.2 Å². The molecule has 0 spiro atoms. The monoisotopic (exact) mass is 645 g/mol. The van der Waals surface area contributed by atoms with Gasteiger partial charge in [-0.05, 0) is 87.5 Å². The van der Waals surface area contributed by atoms with E-state index in [1.54, 1.807) is 30.3 Å². The lowest BCUT2D eigenvalue weighted by molar-refractivity contribution is 0.0696. The maximum absolute atomic E-state index is 11.9. The maximum atomic E-state index is 11.9. The number of rotatable bonds is 2. The van der Waals surface area contributed by atoms with Gasteiger partial charge in [-0.25, -0.2) is 4.79 Å². The molecular formula is C20H9Br4O5. The second-order valence-corrected chi connectivity index (χ2v) is 9.42. The van der Waals surface area contributed by atoms with E-state index in [0.717, 1.165) is 0 Å². The minimum atomic E-state index is -1.07. The summed E-state index contributed by atoms with van der Waals surface area (Å²) >= 11 is 13.4. The lowest BCUT2D eigenvalue weighted by Gasteiger charge is -2.31. The van der Waals surface area contributed by atoms with E-state index in [9.17, 15) is 20.1 Å². The molecule has 3 aromatic rings. The van der Waals surface area contributed by atoms with Crippen LogP contribution in [0.3, 0.4) is 0 Å². The number of hydrogen-bond donors (Lipinski definition) is 3. The molecule has 0 atom stereocenters. The molecule has 0 bridgehead atoms. The molecule has 1 aliphatic rings. The van der Waals surface area contributed by atoms with E-state index < -0.39 is 5.97 Å². The Bertz CT molecular complexity index is 1130. The molecule has 0 unspecified atom stereocenters. The van der Waals surface area contributed by atoms with E-state index in [1.807, 2.05) is 0 Å². The van der Waals surface area contributed by atoms with E-state index in [0.29, 0.717) is 52.0 Å². The highest BCUT2D eigenvalue weighted by Crippen LogP contribution is 2.57. The van der Waals surface area contributed by atoms with Crippen molar-refractivity contribution in [3.8, 4) is 23.0 Å². The molecule has 147 valence electrons. The third-order valence-electron chi connectivity index (χ3n) is 4.47. The molecule has 0 saturated heterocycles. The first-order chi connectivity index (χ1) is 13.7. The van der Waals surface area contributed by atoms with Crippen LogP contribution in [0.5, 0.6) is 23.0 Å². The number of halogens is 4. The molecule has 1 heterocycles.